The third-order valence-electron chi connectivity index (χ3n) is 4.37. The molecular weight excluding hydrogens is 451 g/mol. The SMILES string of the molecule is CCOc1ccc(C(=O)N/N=C/c2cc(Cl)ccc2OCc2ccc(Cl)cc2)cc1OC. The monoisotopic (exact) mass is 472 g/mol. The maximum Gasteiger partial charge on any atom is 0.271 e. The van der Waals surface area contributed by atoms with Crippen LogP contribution in [0.2, 0.25) is 10.0 Å². The molecule has 0 saturated carbocycles. The Morgan fingerprint density at radius 2 is 1.66 bits per heavy atom. The van der Waals surface area contributed by atoms with E-state index in [4.69, 9.17) is 37.4 Å². The van der Waals surface area contributed by atoms with Crippen LogP contribution in [0.15, 0.2) is 65.8 Å². The van der Waals surface area contributed by atoms with E-state index in [0.717, 1.165) is 5.56 Å². The summed E-state index contributed by atoms with van der Waals surface area (Å²) in [5.41, 5.74) is 4.46. The smallest absolute Gasteiger partial charge is 0.271 e. The molecule has 0 heterocycles. The number of rotatable bonds is 9. The van der Waals surface area contributed by atoms with Gasteiger partial charge in [-0.15, -0.1) is 0 Å². The molecule has 0 aliphatic rings. The van der Waals surface area contributed by atoms with Gasteiger partial charge in [-0.2, -0.15) is 5.10 Å². The van der Waals surface area contributed by atoms with E-state index in [1.54, 1.807) is 48.5 Å². The standard InChI is InChI=1S/C24H22Cl2N2O4/c1-3-31-22-10-6-17(13-23(22)30-2)24(29)28-27-14-18-12-20(26)9-11-21(18)32-15-16-4-7-19(25)8-5-16/h4-14H,3,15H2,1-2H3,(H,28,29)/b27-14+. The van der Waals surface area contributed by atoms with Crippen LogP contribution in [0.5, 0.6) is 17.2 Å². The summed E-state index contributed by atoms with van der Waals surface area (Å²) in [5.74, 6) is 1.21. The fraction of sp³-hybridized carbons (Fsp3) is 0.167. The summed E-state index contributed by atoms with van der Waals surface area (Å²) < 4.78 is 16.6. The Balaban J connectivity index is 1.68. The van der Waals surface area contributed by atoms with Crippen LogP contribution in [0.1, 0.15) is 28.4 Å². The molecule has 3 aromatic rings. The van der Waals surface area contributed by atoms with Crippen molar-refractivity contribution in [3.63, 3.8) is 0 Å². The first-order valence-corrected chi connectivity index (χ1v) is 10.6. The zero-order valence-electron chi connectivity index (χ0n) is 17.6. The van der Waals surface area contributed by atoms with Crippen molar-refractivity contribution in [3.05, 3.63) is 87.4 Å². The highest BCUT2D eigenvalue weighted by Crippen LogP contribution is 2.28. The molecule has 1 amide bonds. The first-order chi connectivity index (χ1) is 15.5. The van der Waals surface area contributed by atoms with Crippen LogP contribution in [-0.4, -0.2) is 25.8 Å². The predicted octanol–water partition coefficient (Wildman–Crippen LogP) is 5.74. The van der Waals surface area contributed by atoms with Gasteiger partial charge in [-0.25, -0.2) is 5.43 Å². The van der Waals surface area contributed by atoms with Crippen molar-refractivity contribution >= 4 is 35.3 Å². The fourth-order valence-corrected chi connectivity index (χ4v) is 3.11. The number of methoxy groups -OCH3 is 1. The molecule has 166 valence electrons. The zero-order valence-corrected chi connectivity index (χ0v) is 19.1. The van der Waals surface area contributed by atoms with E-state index < -0.39 is 5.91 Å². The number of benzene rings is 3. The van der Waals surface area contributed by atoms with E-state index >= 15 is 0 Å². The summed E-state index contributed by atoms with van der Waals surface area (Å²) in [6, 6.07) is 17.5. The van der Waals surface area contributed by atoms with Crippen molar-refractivity contribution < 1.29 is 19.0 Å². The molecule has 0 atom stereocenters. The van der Waals surface area contributed by atoms with Crippen molar-refractivity contribution in [2.45, 2.75) is 13.5 Å². The van der Waals surface area contributed by atoms with Gasteiger partial charge in [0.2, 0.25) is 0 Å². The van der Waals surface area contributed by atoms with Crippen LogP contribution in [0.4, 0.5) is 0 Å². The van der Waals surface area contributed by atoms with Crippen LogP contribution in [0.3, 0.4) is 0 Å². The minimum atomic E-state index is -0.395. The largest absolute Gasteiger partial charge is 0.493 e. The van der Waals surface area contributed by atoms with Gasteiger partial charge in [0.1, 0.15) is 12.4 Å². The highest BCUT2D eigenvalue weighted by molar-refractivity contribution is 6.31. The van der Waals surface area contributed by atoms with Gasteiger partial charge in [-0.05, 0) is 61.0 Å². The molecule has 3 rings (SSSR count). The maximum atomic E-state index is 12.5. The summed E-state index contributed by atoms with van der Waals surface area (Å²) in [7, 11) is 1.52. The summed E-state index contributed by atoms with van der Waals surface area (Å²) in [5, 5.41) is 5.23. The van der Waals surface area contributed by atoms with Gasteiger partial charge in [0, 0.05) is 21.2 Å². The Kier molecular flexibility index (Phi) is 8.36. The molecule has 0 aliphatic carbocycles. The minimum Gasteiger partial charge on any atom is -0.493 e. The van der Waals surface area contributed by atoms with Gasteiger partial charge in [0.15, 0.2) is 11.5 Å². The maximum absolute atomic E-state index is 12.5. The summed E-state index contributed by atoms with van der Waals surface area (Å²) in [6.07, 6.45) is 1.48. The summed E-state index contributed by atoms with van der Waals surface area (Å²) >= 11 is 12.0. The lowest BCUT2D eigenvalue weighted by Gasteiger charge is -2.11. The predicted molar refractivity (Wildman–Crippen MR) is 126 cm³/mol. The highest BCUT2D eigenvalue weighted by atomic mass is 35.5. The molecule has 3 aromatic carbocycles. The Morgan fingerprint density at radius 3 is 2.38 bits per heavy atom. The van der Waals surface area contributed by atoms with E-state index in [1.165, 1.54) is 13.3 Å². The number of ether oxygens (including phenoxy) is 3. The van der Waals surface area contributed by atoms with Gasteiger partial charge < -0.3 is 14.2 Å². The van der Waals surface area contributed by atoms with Crippen molar-refractivity contribution in [2.24, 2.45) is 5.10 Å². The molecule has 0 aromatic heterocycles. The average Bonchev–Trinajstić information content (AvgIpc) is 2.80. The Labute approximate surface area is 196 Å². The van der Waals surface area contributed by atoms with Gasteiger partial charge in [0.05, 0.1) is 19.9 Å². The lowest BCUT2D eigenvalue weighted by Crippen LogP contribution is -2.17. The van der Waals surface area contributed by atoms with Crippen LogP contribution in [0, 0.1) is 0 Å². The van der Waals surface area contributed by atoms with Crippen LogP contribution < -0.4 is 19.6 Å². The molecule has 6 nitrogen and oxygen atoms in total. The molecule has 0 radical (unpaired) electrons. The topological polar surface area (TPSA) is 69.2 Å². The third-order valence-corrected chi connectivity index (χ3v) is 4.86. The molecule has 0 saturated heterocycles. The van der Waals surface area contributed by atoms with Gasteiger partial charge in [-0.1, -0.05) is 35.3 Å². The second kappa shape index (κ2) is 11.4. The number of carbonyl (C=O) groups is 1. The van der Waals surface area contributed by atoms with Gasteiger partial charge in [0.25, 0.3) is 5.91 Å². The number of hydrogen-bond acceptors (Lipinski definition) is 5. The highest BCUT2D eigenvalue weighted by Gasteiger charge is 2.11. The van der Waals surface area contributed by atoms with Crippen molar-refractivity contribution in [1.29, 1.82) is 0 Å². The quantitative estimate of drug-likeness (QED) is 0.318. The molecule has 32 heavy (non-hydrogen) atoms. The van der Waals surface area contributed by atoms with E-state index in [-0.39, 0.29) is 0 Å². The van der Waals surface area contributed by atoms with Crippen LogP contribution in [0.25, 0.3) is 0 Å². The lowest BCUT2D eigenvalue weighted by atomic mass is 10.2. The summed E-state index contributed by atoms with van der Waals surface area (Å²) in [6.45, 7) is 2.71. The fourth-order valence-electron chi connectivity index (χ4n) is 2.80. The lowest BCUT2D eigenvalue weighted by molar-refractivity contribution is 0.0954. The van der Waals surface area contributed by atoms with Crippen LogP contribution in [-0.2, 0) is 6.61 Å². The van der Waals surface area contributed by atoms with Crippen molar-refractivity contribution in [3.8, 4) is 17.2 Å². The molecule has 0 spiro atoms. The van der Waals surface area contributed by atoms with E-state index in [9.17, 15) is 4.79 Å². The normalized spacial score (nSPS) is 10.8. The Bertz CT molecular complexity index is 1100. The second-order valence-corrected chi connectivity index (χ2v) is 7.47. The Morgan fingerprint density at radius 1 is 0.938 bits per heavy atom. The molecular formula is C24H22Cl2N2O4. The zero-order chi connectivity index (χ0) is 22.9. The number of hydrazone groups is 1. The van der Waals surface area contributed by atoms with Gasteiger partial charge >= 0.3 is 0 Å². The van der Waals surface area contributed by atoms with E-state index in [2.05, 4.69) is 10.5 Å². The molecule has 0 bridgehead atoms. The molecule has 0 aliphatic heterocycles. The second-order valence-electron chi connectivity index (χ2n) is 6.60. The van der Waals surface area contributed by atoms with Crippen molar-refractivity contribution in [1.82, 2.24) is 5.43 Å². The van der Waals surface area contributed by atoms with Gasteiger partial charge in [-0.3, -0.25) is 4.79 Å². The number of hydrogen-bond donors (Lipinski definition) is 1. The average molecular weight is 473 g/mol. The number of nitrogens with one attached hydrogen (secondary N) is 1. The molecule has 0 unspecified atom stereocenters. The number of nitrogens with zero attached hydrogens (tertiary/aromatic N) is 1. The van der Waals surface area contributed by atoms with E-state index in [1.807, 2.05) is 19.1 Å². The number of carbonyl (C=O) groups excluding carboxylic acids is 1. The van der Waals surface area contributed by atoms with Crippen LogP contribution >= 0.6 is 23.2 Å². The first-order valence-electron chi connectivity index (χ1n) is 9.81. The molecule has 0 fully saturated rings. The van der Waals surface area contributed by atoms with Crippen molar-refractivity contribution in [2.75, 3.05) is 13.7 Å². The Hall–Kier alpha value is -3.22. The number of amides is 1. The molecule has 1 N–H and O–H groups in total. The minimum absolute atomic E-state index is 0.345. The van der Waals surface area contributed by atoms with E-state index in [0.29, 0.717) is 51.6 Å². The molecule has 8 heteroatoms. The first kappa shape index (κ1) is 23.4. The number of halogens is 2. The third kappa shape index (κ3) is 6.39. The summed E-state index contributed by atoms with van der Waals surface area (Å²) in [4.78, 5) is 12.5.